The smallest absolute Gasteiger partial charge is 0.136 e. The lowest BCUT2D eigenvalue weighted by Gasteiger charge is -2.09. The summed E-state index contributed by atoms with van der Waals surface area (Å²) in [6.45, 7) is 5.07. The number of carbonyl (C=O) groups excluding carboxylic acids is 1. The van der Waals surface area contributed by atoms with Crippen LogP contribution in [0.2, 0.25) is 0 Å². The van der Waals surface area contributed by atoms with Crippen LogP contribution in [0.5, 0.6) is 0 Å². The van der Waals surface area contributed by atoms with Gasteiger partial charge in [0.15, 0.2) is 0 Å². The second-order valence-electron chi connectivity index (χ2n) is 3.10. The van der Waals surface area contributed by atoms with E-state index in [2.05, 4.69) is 4.90 Å². The average Bonchev–Trinajstić information content (AvgIpc) is 2.15. The van der Waals surface area contributed by atoms with Gasteiger partial charge in [-0.05, 0) is 33.5 Å². The number of rotatable bonds is 6. The number of aldehydes is 1. The molecule has 0 fully saturated rings. The summed E-state index contributed by atoms with van der Waals surface area (Å²) in [7, 11) is 4.08. The van der Waals surface area contributed by atoms with Crippen LogP contribution < -0.4 is 5.73 Å². The van der Waals surface area contributed by atoms with Gasteiger partial charge in [-0.2, -0.15) is 0 Å². The summed E-state index contributed by atoms with van der Waals surface area (Å²) in [5.41, 5.74) is 5.41. The lowest BCUT2D eigenvalue weighted by molar-refractivity contribution is -0.109. The van der Waals surface area contributed by atoms with E-state index in [-0.39, 0.29) is 6.04 Å². The van der Waals surface area contributed by atoms with Crippen molar-refractivity contribution >= 4 is 6.29 Å². The first-order chi connectivity index (χ1) is 6.16. The third-order valence-corrected chi connectivity index (χ3v) is 1.57. The van der Waals surface area contributed by atoms with E-state index in [1.165, 1.54) is 0 Å². The highest BCUT2D eigenvalue weighted by Gasteiger charge is 1.98. The molecule has 1 unspecified atom stereocenters. The van der Waals surface area contributed by atoms with Gasteiger partial charge in [-0.1, -0.05) is 20.3 Å². The van der Waals surface area contributed by atoms with Crippen LogP contribution >= 0.6 is 0 Å². The number of unbranched alkanes of at least 4 members (excludes halogenated alkanes) is 1. The van der Waals surface area contributed by atoms with E-state index in [0.29, 0.717) is 0 Å². The molecular weight excluding hydrogens is 164 g/mol. The Bertz CT molecular complexity index is 105. The summed E-state index contributed by atoms with van der Waals surface area (Å²) in [5.74, 6) is 0. The molecule has 1 atom stereocenters. The molecule has 13 heavy (non-hydrogen) atoms. The van der Waals surface area contributed by atoms with Gasteiger partial charge < -0.3 is 15.4 Å². The van der Waals surface area contributed by atoms with Crippen molar-refractivity contribution in [2.24, 2.45) is 5.73 Å². The minimum absolute atomic E-state index is 0.253. The molecule has 0 aromatic heterocycles. The highest BCUT2D eigenvalue weighted by Crippen LogP contribution is 1.97. The summed E-state index contributed by atoms with van der Waals surface area (Å²) in [6.07, 6.45) is 3.79. The molecule has 80 valence electrons. The summed E-state index contributed by atoms with van der Waals surface area (Å²) >= 11 is 0. The Labute approximate surface area is 82.3 Å². The van der Waals surface area contributed by atoms with Crippen LogP contribution in [0.15, 0.2) is 0 Å². The molecule has 2 N–H and O–H groups in total. The van der Waals surface area contributed by atoms with Crippen molar-refractivity contribution < 1.29 is 4.79 Å². The zero-order valence-electron chi connectivity index (χ0n) is 9.42. The predicted octanol–water partition coefficient (Wildman–Crippen LogP) is 1.27. The van der Waals surface area contributed by atoms with Gasteiger partial charge in [0.1, 0.15) is 6.29 Å². The molecular formula is C10H24N2O. The van der Waals surface area contributed by atoms with Crippen LogP contribution in [-0.2, 0) is 4.79 Å². The molecule has 3 heteroatoms. The topological polar surface area (TPSA) is 46.3 Å². The van der Waals surface area contributed by atoms with Crippen molar-refractivity contribution in [1.29, 1.82) is 0 Å². The lowest BCUT2D eigenvalue weighted by atomic mass is 10.1. The van der Waals surface area contributed by atoms with Crippen LogP contribution in [0.3, 0.4) is 0 Å². The minimum Gasteiger partial charge on any atom is -0.322 e. The van der Waals surface area contributed by atoms with Gasteiger partial charge >= 0.3 is 0 Å². The van der Waals surface area contributed by atoms with Crippen molar-refractivity contribution in [3.05, 3.63) is 0 Å². The van der Waals surface area contributed by atoms with Crippen LogP contribution in [0, 0.1) is 0 Å². The van der Waals surface area contributed by atoms with Crippen molar-refractivity contribution in [3.8, 4) is 0 Å². The first kappa shape index (κ1) is 15.1. The Morgan fingerprint density at radius 2 is 1.85 bits per heavy atom. The molecule has 0 aromatic rings. The molecule has 0 spiro atoms. The molecule has 0 rings (SSSR count). The molecule has 0 saturated heterocycles. The third-order valence-electron chi connectivity index (χ3n) is 1.57. The van der Waals surface area contributed by atoms with Crippen LogP contribution in [0.25, 0.3) is 0 Å². The van der Waals surface area contributed by atoms with Crippen LogP contribution in [-0.4, -0.2) is 37.9 Å². The molecule has 0 heterocycles. The number of hydrogen-bond acceptors (Lipinski definition) is 3. The summed E-state index contributed by atoms with van der Waals surface area (Å²) in [5, 5.41) is 0. The monoisotopic (exact) mass is 188 g/mol. The highest BCUT2D eigenvalue weighted by atomic mass is 16.1. The van der Waals surface area contributed by atoms with E-state index in [9.17, 15) is 4.79 Å². The SMILES string of the molecule is CC.CN(C)CCCCC(N)C=O. The summed E-state index contributed by atoms with van der Waals surface area (Å²) < 4.78 is 0. The van der Waals surface area contributed by atoms with Gasteiger partial charge in [-0.3, -0.25) is 0 Å². The number of nitrogens with two attached hydrogens (primary N) is 1. The van der Waals surface area contributed by atoms with Gasteiger partial charge in [-0.25, -0.2) is 0 Å². The second-order valence-corrected chi connectivity index (χ2v) is 3.10. The quantitative estimate of drug-likeness (QED) is 0.504. The first-order valence-electron chi connectivity index (χ1n) is 5.02. The molecule has 0 amide bonds. The Hall–Kier alpha value is -0.410. The Balaban J connectivity index is 0. The molecule has 0 aliphatic carbocycles. The third kappa shape index (κ3) is 14.4. The van der Waals surface area contributed by atoms with Gasteiger partial charge in [0.05, 0.1) is 6.04 Å². The summed E-state index contributed by atoms with van der Waals surface area (Å²) in [4.78, 5) is 12.2. The number of nitrogens with zero attached hydrogens (tertiary/aromatic N) is 1. The van der Waals surface area contributed by atoms with Crippen LogP contribution in [0.1, 0.15) is 33.1 Å². The molecule has 0 saturated carbocycles. The predicted molar refractivity (Wildman–Crippen MR) is 57.8 cm³/mol. The maximum atomic E-state index is 10.1. The van der Waals surface area contributed by atoms with E-state index in [1.807, 2.05) is 27.9 Å². The van der Waals surface area contributed by atoms with Gasteiger partial charge in [0.2, 0.25) is 0 Å². The van der Waals surface area contributed by atoms with Gasteiger partial charge in [0, 0.05) is 0 Å². The second kappa shape index (κ2) is 11.6. The van der Waals surface area contributed by atoms with E-state index >= 15 is 0 Å². The van der Waals surface area contributed by atoms with E-state index < -0.39 is 0 Å². The Kier molecular flexibility index (Phi) is 13.4. The Morgan fingerprint density at radius 3 is 2.23 bits per heavy atom. The molecule has 3 nitrogen and oxygen atoms in total. The summed E-state index contributed by atoms with van der Waals surface area (Å²) in [6, 6.07) is -0.253. The number of hydrogen-bond donors (Lipinski definition) is 1. The maximum absolute atomic E-state index is 10.1. The largest absolute Gasteiger partial charge is 0.322 e. The maximum Gasteiger partial charge on any atom is 0.136 e. The van der Waals surface area contributed by atoms with E-state index in [4.69, 9.17) is 5.73 Å². The standard InChI is InChI=1S/C8H18N2O.C2H6/c1-10(2)6-4-3-5-8(9)7-11;1-2/h7-8H,3-6,9H2,1-2H3;1-2H3. The minimum atomic E-state index is -0.253. The molecule has 0 aliphatic rings. The molecule has 0 bridgehead atoms. The highest BCUT2D eigenvalue weighted by molar-refractivity contribution is 5.56. The average molecular weight is 188 g/mol. The first-order valence-corrected chi connectivity index (χ1v) is 5.02. The fourth-order valence-electron chi connectivity index (χ4n) is 0.876. The normalized spacial score (nSPS) is 11.8. The van der Waals surface area contributed by atoms with Gasteiger partial charge in [0.25, 0.3) is 0 Å². The van der Waals surface area contributed by atoms with Crippen molar-refractivity contribution in [2.75, 3.05) is 20.6 Å². The van der Waals surface area contributed by atoms with E-state index in [1.54, 1.807) is 0 Å². The number of carbonyl (C=O) groups is 1. The fraction of sp³-hybridized carbons (Fsp3) is 0.900. The van der Waals surface area contributed by atoms with Crippen LogP contribution in [0.4, 0.5) is 0 Å². The molecule has 0 aliphatic heterocycles. The molecule has 0 radical (unpaired) electrons. The molecule has 0 aromatic carbocycles. The zero-order valence-corrected chi connectivity index (χ0v) is 9.42. The Morgan fingerprint density at radius 1 is 1.31 bits per heavy atom. The van der Waals surface area contributed by atoms with E-state index in [0.717, 1.165) is 32.1 Å². The fourth-order valence-corrected chi connectivity index (χ4v) is 0.876. The van der Waals surface area contributed by atoms with Gasteiger partial charge in [-0.15, -0.1) is 0 Å². The van der Waals surface area contributed by atoms with Crippen molar-refractivity contribution in [2.45, 2.75) is 39.2 Å². The van der Waals surface area contributed by atoms with Crippen molar-refractivity contribution in [3.63, 3.8) is 0 Å². The lowest BCUT2D eigenvalue weighted by Crippen LogP contribution is -2.21. The van der Waals surface area contributed by atoms with Crippen molar-refractivity contribution in [1.82, 2.24) is 4.90 Å². The zero-order chi connectivity index (χ0) is 10.7.